The summed E-state index contributed by atoms with van der Waals surface area (Å²) in [5, 5.41) is 0.734. The van der Waals surface area contributed by atoms with Gasteiger partial charge in [-0.2, -0.15) is 0 Å². The summed E-state index contributed by atoms with van der Waals surface area (Å²) in [5.74, 6) is -0.688. The molecule has 0 unspecified atom stereocenters. The minimum Gasteiger partial charge on any atom is -0.298 e. The van der Waals surface area contributed by atoms with Gasteiger partial charge in [0.05, 0.1) is 10.6 Å². The lowest BCUT2D eigenvalue weighted by atomic mass is 10.1. The number of hydrogen-bond acceptors (Lipinski definition) is 2. The van der Waals surface area contributed by atoms with Gasteiger partial charge in [0.25, 0.3) is 0 Å². The van der Waals surface area contributed by atoms with E-state index < -0.39 is 5.82 Å². The molecular formula is C12H6Cl2FNO. The molecule has 5 heteroatoms. The first-order valence-electron chi connectivity index (χ1n) is 4.68. The van der Waals surface area contributed by atoms with E-state index in [2.05, 4.69) is 4.98 Å². The molecule has 0 N–H and O–H groups in total. The van der Waals surface area contributed by atoms with Gasteiger partial charge < -0.3 is 0 Å². The van der Waals surface area contributed by atoms with Gasteiger partial charge in [-0.1, -0.05) is 23.2 Å². The number of hydrogen-bond donors (Lipinski definition) is 0. The monoisotopic (exact) mass is 269 g/mol. The Hall–Kier alpha value is -1.45. The molecule has 1 aromatic heterocycles. The van der Waals surface area contributed by atoms with Gasteiger partial charge in [-0.3, -0.25) is 9.78 Å². The standard InChI is InChI=1S/C12H6Cl2FNO/c13-8-1-2-9(10(14)5-8)12-11(15)7(6-17)3-4-16-12/h1-6H. The molecule has 0 fully saturated rings. The van der Waals surface area contributed by atoms with Crippen LogP contribution in [0.5, 0.6) is 0 Å². The average Bonchev–Trinajstić information content (AvgIpc) is 2.30. The lowest BCUT2D eigenvalue weighted by Gasteiger charge is -2.06. The average molecular weight is 270 g/mol. The van der Waals surface area contributed by atoms with Gasteiger partial charge >= 0.3 is 0 Å². The van der Waals surface area contributed by atoms with E-state index in [0.717, 1.165) is 0 Å². The third-order valence-corrected chi connectivity index (χ3v) is 2.78. The Morgan fingerprint density at radius 3 is 2.65 bits per heavy atom. The highest BCUT2D eigenvalue weighted by molar-refractivity contribution is 6.36. The van der Waals surface area contributed by atoms with Crippen molar-refractivity contribution in [1.29, 1.82) is 0 Å². The largest absolute Gasteiger partial charge is 0.298 e. The maximum absolute atomic E-state index is 13.9. The number of halogens is 3. The van der Waals surface area contributed by atoms with E-state index in [4.69, 9.17) is 23.2 Å². The molecule has 1 heterocycles. The first-order chi connectivity index (χ1) is 8.13. The minimum atomic E-state index is -0.688. The summed E-state index contributed by atoms with van der Waals surface area (Å²) in [7, 11) is 0. The van der Waals surface area contributed by atoms with Crippen molar-refractivity contribution in [2.24, 2.45) is 0 Å². The van der Waals surface area contributed by atoms with E-state index in [1.807, 2.05) is 0 Å². The fourth-order valence-electron chi connectivity index (χ4n) is 1.42. The molecule has 0 amide bonds. The van der Waals surface area contributed by atoms with Crippen LogP contribution in [-0.4, -0.2) is 11.3 Å². The second-order valence-electron chi connectivity index (χ2n) is 3.30. The highest BCUT2D eigenvalue weighted by atomic mass is 35.5. The van der Waals surface area contributed by atoms with Crippen LogP contribution in [0, 0.1) is 5.82 Å². The summed E-state index contributed by atoms with van der Waals surface area (Å²) >= 11 is 11.7. The van der Waals surface area contributed by atoms with Crippen molar-refractivity contribution in [2.45, 2.75) is 0 Å². The number of nitrogens with zero attached hydrogens (tertiary/aromatic N) is 1. The molecule has 1 aromatic carbocycles. The first-order valence-corrected chi connectivity index (χ1v) is 5.44. The molecule has 0 aliphatic carbocycles. The third kappa shape index (κ3) is 2.30. The van der Waals surface area contributed by atoms with Gasteiger partial charge in [-0.25, -0.2) is 4.39 Å². The molecule has 0 atom stereocenters. The van der Waals surface area contributed by atoms with Gasteiger partial charge in [0, 0.05) is 16.8 Å². The smallest absolute Gasteiger partial charge is 0.160 e. The van der Waals surface area contributed by atoms with Crippen molar-refractivity contribution < 1.29 is 9.18 Å². The number of aldehydes is 1. The fourth-order valence-corrected chi connectivity index (χ4v) is 1.92. The summed E-state index contributed by atoms with van der Waals surface area (Å²) in [6, 6.07) is 5.94. The Labute approximate surface area is 107 Å². The first kappa shape index (κ1) is 12.0. The fraction of sp³-hybridized carbons (Fsp3) is 0. The van der Waals surface area contributed by atoms with Crippen molar-refractivity contribution in [1.82, 2.24) is 4.98 Å². The van der Waals surface area contributed by atoms with E-state index in [0.29, 0.717) is 16.9 Å². The topological polar surface area (TPSA) is 30.0 Å². The van der Waals surface area contributed by atoms with Crippen LogP contribution in [0.15, 0.2) is 30.5 Å². The van der Waals surface area contributed by atoms with Crippen molar-refractivity contribution in [2.75, 3.05) is 0 Å². The quantitative estimate of drug-likeness (QED) is 0.772. The number of carbonyl (C=O) groups excluding carboxylic acids is 1. The molecule has 17 heavy (non-hydrogen) atoms. The van der Waals surface area contributed by atoms with Crippen LogP contribution in [0.4, 0.5) is 4.39 Å². The SMILES string of the molecule is O=Cc1ccnc(-c2ccc(Cl)cc2Cl)c1F. The second kappa shape index (κ2) is 4.82. The lowest BCUT2D eigenvalue weighted by Crippen LogP contribution is -1.95. The van der Waals surface area contributed by atoms with Crippen LogP contribution in [-0.2, 0) is 0 Å². The van der Waals surface area contributed by atoms with E-state index in [-0.39, 0.29) is 16.3 Å². The van der Waals surface area contributed by atoms with Crippen molar-refractivity contribution in [3.8, 4) is 11.3 Å². The predicted octanol–water partition coefficient (Wildman–Crippen LogP) is 4.01. The Balaban J connectivity index is 2.64. The van der Waals surface area contributed by atoms with Crippen LogP contribution in [0.25, 0.3) is 11.3 Å². The van der Waals surface area contributed by atoms with Crippen molar-refractivity contribution in [3.63, 3.8) is 0 Å². The predicted molar refractivity (Wildman–Crippen MR) is 65.0 cm³/mol. The lowest BCUT2D eigenvalue weighted by molar-refractivity contribution is 0.111. The molecule has 0 radical (unpaired) electrons. The van der Waals surface area contributed by atoms with E-state index in [9.17, 15) is 9.18 Å². The maximum Gasteiger partial charge on any atom is 0.160 e. The Kier molecular flexibility index (Phi) is 3.41. The summed E-state index contributed by atoms with van der Waals surface area (Å²) in [6.07, 6.45) is 1.79. The number of benzene rings is 1. The highest BCUT2D eigenvalue weighted by Gasteiger charge is 2.13. The minimum absolute atomic E-state index is 0.0382. The Morgan fingerprint density at radius 1 is 1.24 bits per heavy atom. The normalized spacial score (nSPS) is 10.3. The Bertz CT molecular complexity index is 587. The number of carbonyl (C=O) groups is 1. The molecule has 2 aromatic rings. The zero-order valence-corrected chi connectivity index (χ0v) is 9.97. The van der Waals surface area contributed by atoms with E-state index >= 15 is 0 Å². The van der Waals surface area contributed by atoms with Gasteiger partial charge in [0.15, 0.2) is 12.1 Å². The van der Waals surface area contributed by atoms with Crippen LogP contribution in [0.2, 0.25) is 10.0 Å². The van der Waals surface area contributed by atoms with Gasteiger partial charge in [-0.15, -0.1) is 0 Å². The van der Waals surface area contributed by atoms with E-state index in [1.54, 1.807) is 12.1 Å². The van der Waals surface area contributed by atoms with Crippen LogP contribution >= 0.6 is 23.2 Å². The summed E-state index contributed by atoms with van der Waals surface area (Å²) in [6.45, 7) is 0. The molecule has 2 nitrogen and oxygen atoms in total. The maximum atomic E-state index is 13.9. The van der Waals surface area contributed by atoms with E-state index in [1.165, 1.54) is 18.3 Å². The Morgan fingerprint density at radius 2 is 2.00 bits per heavy atom. The molecule has 0 aliphatic rings. The molecule has 0 saturated carbocycles. The van der Waals surface area contributed by atoms with Crippen LogP contribution in [0.1, 0.15) is 10.4 Å². The molecule has 86 valence electrons. The molecule has 0 bridgehead atoms. The molecular weight excluding hydrogens is 264 g/mol. The van der Waals surface area contributed by atoms with Gasteiger partial charge in [0.2, 0.25) is 0 Å². The van der Waals surface area contributed by atoms with Gasteiger partial charge in [0.1, 0.15) is 5.69 Å². The van der Waals surface area contributed by atoms with Gasteiger partial charge in [-0.05, 0) is 24.3 Å². The molecule has 0 spiro atoms. The van der Waals surface area contributed by atoms with Crippen LogP contribution in [0.3, 0.4) is 0 Å². The summed E-state index contributed by atoms with van der Waals surface area (Å²) in [5.41, 5.74) is 0.384. The highest BCUT2D eigenvalue weighted by Crippen LogP contribution is 2.31. The molecule has 0 aliphatic heterocycles. The summed E-state index contributed by atoms with van der Waals surface area (Å²) in [4.78, 5) is 14.5. The zero-order valence-electron chi connectivity index (χ0n) is 8.45. The summed E-state index contributed by atoms with van der Waals surface area (Å²) < 4.78 is 13.9. The van der Waals surface area contributed by atoms with Crippen LogP contribution < -0.4 is 0 Å². The van der Waals surface area contributed by atoms with Crippen molar-refractivity contribution in [3.05, 3.63) is 51.9 Å². The molecule has 2 rings (SSSR count). The zero-order chi connectivity index (χ0) is 12.4. The molecule has 0 saturated heterocycles. The third-order valence-electron chi connectivity index (χ3n) is 2.23. The number of aromatic nitrogens is 1. The second-order valence-corrected chi connectivity index (χ2v) is 4.15. The number of rotatable bonds is 2. The number of pyridine rings is 1. The van der Waals surface area contributed by atoms with Crippen molar-refractivity contribution >= 4 is 29.5 Å².